The number of likely N-dealkylation sites (N-methyl/N-ethyl adjacent to an activating group) is 1. The molecule has 0 bridgehead atoms. The van der Waals surface area contributed by atoms with Gasteiger partial charge in [0.2, 0.25) is 0 Å². The third kappa shape index (κ3) is 4.41. The van der Waals surface area contributed by atoms with Crippen LogP contribution < -0.4 is 5.32 Å². The minimum absolute atomic E-state index is 0.00555. The highest BCUT2D eigenvalue weighted by atomic mass is 16.7. The maximum Gasteiger partial charge on any atom is 0.491 e. The van der Waals surface area contributed by atoms with Gasteiger partial charge in [0.05, 0.1) is 11.2 Å². The summed E-state index contributed by atoms with van der Waals surface area (Å²) in [6.45, 7) is 12.7. The smallest absolute Gasteiger partial charge is 0.400 e. The molecule has 0 atom stereocenters. The number of rotatable bonds is 6. The Hall–Kier alpha value is -1.43. The van der Waals surface area contributed by atoms with Crippen molar-refractivity contribution in [1.29, 1.82) is 0 Å². The number of Topliss-reactive ketones (excluding diaryl/α,β-unsaturated/α-hetero) is 1. The summed E-state index contributed by atoms with van der Waals surface area (Å²) in [5.74, 6) is 0.169. The van der Waals surface area contributed by atoms with Gasteiger partial charge in [0.25, 0.3) is 0 Å². The summed E-state index contributed by atoms with van der Waals surface area (Å²) < 4.78 is 12.3. The van der Waals surface area contributed by atoms with Gasteiger partial charge in [-0.1, -0.05) is 44.2 Å². The lowest BCUT2D eigenvalue weighted by Crippen LogP contribution is -2.41. The van der Waals surface area contributed by atoms with Crippen LogP contribution in [0.25, 0.3) is 6.08 Å². The Morgan fingerprint density at radius 2 is 1.64 bits per heavy atom. The van der Waals surface area contributed by atoms with Crippen molar-refractivity contribution in [3.8, 4) is 0 Å². The summed E-state index contributed by atoms with van der Waals surface area (Å²) in [5, 5.41) is 3.18. The van der Waals surface area contributed by atoms with Crippen LogP contribution in [0, 0.1) is 5.92 Å². The summed E-state index contributed by atoms with van der Waals surface area (Å²) in [5.41, 5.74) is 2.08. The number of ketones is 1. The van der Waals surface area contributed by atoms with E-state index in [2.05, 4.69) is 39.1 Å². The van der Waals surface area contributed by atoms with Gasteiger partial charge in [0.1, 0.15) is 0 Å². The highest BCUT2D eigenvalue weighted by molar-refractivity contribution is 6.55. The molecule has 4 nitrogen and oxygen atoms in total. The van der Waals surface area contributed by atoms with Crippen LogP contribution in [0.2, 0.25) is 0 Å². The molecule has 1 aliphatic heterocycles. The lowest BCUT2D eigenvalue weighted by molar-refractivity contribution is 0.00578. The minimum Gasteiger partial charge on any atom is -0.400 e. The normalized spacial score (nSPS) is 19.5. The van der Waals surface area contributed by atoms with Gasteiger partial charge < -0.3 is 14.6 Å². The highest BCUT2D eigenvalue weighted by Gasteiger charge is 2.52. The van der Waals surface area contributed by atoms with Crippen LogP contribution in [-0.4, -0.2) is 37.7 Å². The summed E-state index contributed by atoms with van der Waals surface area (Å²) in [6.07, 6.45) is 2.07. The Kier molecular flexibility index (Phi) is 5.92. The SMILES string of the molecule is CNCC(=Cc1ccc(C(=O)C(C)C)cc1)B1OC(C)(C)C(C)(C)O1. The molecule has 0 unspecified atom stereocenters. The molecule has 5 heteroatoms. The van der Waals surface area contributed by atoms with Gasteiger partial charge in [-0.15, -0.1) is 0 Å². The fraction of sp³-hybridized carbons (Fsp3) is 0.550. The topological polar surface area (TPSA) is 47.6 Å². The second-order valence-electron chi connectivity index (χ2n) is 7.98. The van der Waals surface area contributed by atoms with E-state index in [0.717, 1.165) is 16.6 Å². The second kappa shape index (κ2) is 7.44. The van der Waals surface area contributed by atoms with Crippen molar-refractivity contribution in [3.63, 3.8) is 0 Å². The summed E-state index contributed by atoms with van der Waals surface area (Å²) in [4.78, 5) is 12.1. The van der Waals surface area contributed by atoms with E-state index in [0.29, 0.717) is 6.54 Å². The maximum absolute atomic E-state index is 12.1. The van der Waals surface area contributed by atoms with E-state index in [-0.39, 0.29) is 30.0 Å². The van der Waals surface area contributed by atoms with Gasteiger partial charge in [0, 0.05) is 18.0 Å². The Morgan fingerprint density at radius 3 is 2.08 bits per heavy atom. The molecule has 2 rings (SSSR count). The zero-order valence-electron chi connectivity index (χ0n) is 16.5. The molecular formula is C20H30BNO3. The van der Waals surface area contributed by atoms with E-state index >= 15 is 0 Å². The highest BCUT2D eigenvalue weighted by Crippen LogP contribution is 2.38. The van der Waals surface area contributed by atoms with Gasteiger partial charge in [-0.05, 0) is 45.8 Å². The number of carbonyl (C=O) groups is 1. The zero-order valence-corrected chi connectivity index (χ0v) is 16.5. The summed E-state index contributed by atoms with van der Waals surface area (Å²) in [7, 11) is 1.53. The first-order valence-electron chi connectivity index (χ1n) is 8.92. The van der Waals surface area contributed by atoms with Crippen molar-refractivity contribution in [2.75, 3.05) is 13.6 Å². The predicted octanol–water partition coefficient (Wildman–Crippen LogP) is 3.76. The van der Waals surface area contributed by atoms with Gasteiger partial charge in [-0.2, -0.15) is 0 Å². The fourth-order valence-corrected chi connectivity index (χ4v) is 2.69. The molecule has 1 aromatic carbocycles. The molecule has 0 radical (unpaired) electrons. The number of hydrogen-bond acceptors (Lipinski definition) is 4. The average molecular weight is 343 g/mol. The van der Waals surface area contributed by atoms with Crippen LogP contribution in [0.1, 0.15) is 57.5 Å². The third-order valence-electron chi connectivity index (χ3n) is 5.01. The number of carbonyl (C=O) groups excluding carboxylic acids is 1. The molecular weight excluding hydrogens is 313 g/mol. The largest absolute Gasteiger partial charge is 0.491 e. The predicted molar refractivity (Wildman–Crippen MR) is 104 cm³/mol. The molecule has 0 aromatic heterocycles. The second-order valence-corrected chi connectivity index (χ2v) is 7.98. The zero-order chi connectivity index (χ0) is 18.8. The van der Waals surface area contributed by atoms with Crippen LogP contribution in [0.15, 0.2) is 29.7 Å². The maximum atomic E-state index is 12.1. The lowest BCUT2D eigenvalue weighted by atomic mass is 9.77. The van der Waals surface area contributed by atoms with E-state index in [9.17, 15) is 4.79 Å². The first-order chi connectivity index (χ1) is 11.6. The van der Waals surface area contributed by atoms with Crippen LogP contribution in [-0.2, 0) is 9.31 Å². The van der Waals surface area contributed by atoms with Gasteiger partial charge >= 0.3 is 7.12 Å². The Morgan fingerprint density at radius 1 is 1.12 bits per heavy atom. The first-order valence-corrected chi connectivity index (χ1v) is 8.92. The monoisotopic (exact) mass is 343 g/mol. The molecule has 1 aromatic rings. The standard InChI is InChI=1S/C20H30BNO3/c1-14(2)18(23)16-10-8-15(9-11-16)12-17(13-22-7)21-24-19(3,4)20(5,6)25-21/h8-12,14,22H,13H2,1-7H3. The lowest BCUT2D eigenvalue weighted by Gasteiger charge is -2.32. The molecule has 25 heavy (non-hydrogen) atoms. The fourth-order valence-electron chi connectivity index (χ4n) is 2.69. The molecule has 0 spiro atoms. The molecule has 0 aliphatic carbocycles. The Labute approximate surface area is 152 Å². The average Bonchev–Trinajstić information content (AvgIpc) is 2.75. The van der Waals surface area contributed by atoms with Crippen molar-refractivity contribution in [1.82, 2.24) is 5.32 Å². The van der Waals surface area contributed by atoms with Gasteiger partial charge in [-0.3, -0.25) is 4.79 Å². The van der Waals surface area contributed by atoms with Crippen molar-refractivity contribution < 1.29 is 14.1 Å². The van der Waals surface area contributed by atoms with Gasteiger partial charge in [0.15, 0.2) is 5.78 Å². The molecule has 1 saturated heterocycles. The number of nitrogens with one attached hydrogen (secondary N) is 1. The number of benzene rings is 1. The summed E-state index contributed by atoms with van der Waals surface area (Å²) in [6, 6.07) is 7.71. The van der Waals surface area contributed by atoms with Crippen molar-refractivity contribution >= 4 is 19.0 Å². The molecule has 1 N–H and O–H groups in total. The van der Waals surface area contributed by atoms with E-state index in [1.54, 1.807) is 0 Å². The summed E-state index contributed by atoms with van der Waals surface area (Å²) >= 11 is 0. The Bertz CT molecular complexity index is 631. The van der Waals surface area contributed by atoms with Crippen molar-refractivity contribution in [2.24, 2.45) is 5.92 Å². The minimum atomic E-state index is -0.380. The molecule has 1 fully saturated rings. The molecule has 1 heterocycles. The molecule has 136 valence electrons. The van der Waals surface area contributed by atoms with Crippen molar-refractivity contribution in [3.05, 3.63) is 40.9 Å². The van der Waals surface area contributed by atoms with Crippen LogP contribution in [0.5, 0.6) is 0 Å². The number of hydrogen-bond donors (Lipinski definition) is 1. The van der Waals surface area contributed by atoms with E-state index in [4.69, 9.17) is 9.31 Å². The third-order valence-corrected chi connectivity index (χ3v) is 5.01. The van der Waals surface area contributed by atoms with Crippen molar-refractivity contribution in [2.45, 2.75) is 52.7 Å². The van der Waals surface area contributed by atoms with Crippen LogP contribution >= 0.6 is 0 Å². The van der Waals surface area contributed by atoms with E-state index < -0.39 is 0 Å². The van der Waals surface area contributed by atoms with Crippen LogP contribution in [0.3, 0.4) is 0 Å². The van der Waals surface area contributed by atoms with Crippen LogP contribution in [0.4, 0.5) is 0 Å². The van der Waals surface area contributed by atoms with Gasteiger partial charge in [-0.25, -0.2) is 0 Å². The molecule has 0 amide bonds. The van der Waals surface area contributed by atoms with E-state index in [1.807, 2.05) is 45.2 Å². The molecule has 0 saturated carbocycles. The quantitative estimate of drug-likeness (QED) is 0.631. The Balaban J connectivity index is 2.24. The first kappa shape index (κ1) is 19.9. The van der Waals surface area contributed by atoms with E-state index in [1.165, 1.54) is 0 Å². The molecule has 1 aliphatic rings.